The van der Waals surface area contributed by atoms with Crippen LogP contribution in [-0.2, 0) is 28.0 Å². The summed E-state index contributed by atoms with van der Waals surface area (Å²) in [5.41, 5.74) is 3.27. The number of hydrogen-bond acceptors (Lipinski definition) is 2. The second-order valence-corrected chi connectivity index (χ2v) is 10.5. The molecule has 1 N–H and O–H groups in total. The highest BCUT2D eigenvalue weighted by Crippen LogP contribution is 2.25. The van der Waals surface area contributed by atoms with Crippen LogP contribution in [0, 0.1) is 0 Å². The van der Waals surface area contributed by atoms with Crippen molar-refractivity contribution in [3.05, 3.63) is 69.2 Å². The predicted octanol–water partition coefficient (Wildman–Crippen LogP) is 6.56. The Hall–Kier alpha value is -2.04. The van der Waals surface area contributed by atoms with Gasteiger partial charge in [-0.3, -0.25) is 9.59 Å². The van der Waals surface area contributed by atoms with Gasteiger partial charge in [-0.1, -0.05) is 81.2 Å². The van der Waals surface area contributed by atoms with Crippen LogP contribution in [0.15, 0.2) is 42.5 Å². The van der Waals surface area contributed by atoms with Gasteiger partial charge in [0.05, 0.1) is 10.0 Å². The van der Waals surface area contributed by atoms with E-state index in [-0.39, 0.29) is 29.8 Å². The van der Waals surface area contributed by atoms with Gasteiger partial charge < -0.3 is 10.2 Å². The fourth-order valence-corrected chi connectivity index (χ4v) is 3.77. The summed E-state index contributed by atoms with van der Waals surface area (Å²) >= 11 is 12.2. The SMILES string of the molecule is CC[C@@H](C)NC(=O)[C@H](C)N(Cc1ccc(Cl)c(Cl)c1)C(=O)CCc1ccc(C(C)(C)C)cc1. The number of rotatable bonds is 9. The highest BCUT2D eigenvalue weighted by molar-refractivity contribution is 6.42. The normalized spacial score (nSPS) is 13.3. The standard InChI is InChI=1S/C27H36Cl2N2O2/c1-7-18(2)30-26(33)19(3)31(17-21-10-14-23(28)24(29)16-21)25(32)15-11-20-8-12-22(13-9-20)27(4,5)6/h8-10,12-14,16,18-19H,7,11,15,17H2,1-6H3,(H,30,33)/t18-,19+/m1/s1. The summed E-state index contributed by atoms with van der Waals surface area (Å²) in [5, 5.41) is 3.87. The summed E-state index contributed by atoms with van der Waals surface area (Å²) in [6.45, 7) is 12.6. The largest absolute Gasteiger partial charge is 0.352 e. The first-order chi connectivity index (χ1) is 15.4. The summed E-state index contributed by atoms with van der Waals surface area (Å²) in [5.74, 6) is -0.236. The van der Waals surface area contributed by atoms with Crippen LogP contribution in [-0.4, -0.2) is 28.8 Å². The van der Waals surface area contributed by atoms with Gasteiger partial charge in [0, 0.05) is 19.0 Å². The van der Waals surface area contributed by atoms with Crippen molar-refractivity contribution >= 4 is 35.0 Å². The highest BCUT2D eigenvalue weighted by atomic mass is 35.5. The Morgan fingerprint density at radius 1 is 0.970 bits per heavy atom. The number of aryl methyl sites for hydroxylation is 1. The van der Waals surface area contributed by atoms with E-state index in [0.29, 0.717) is 22.9 Å². The molecule has 2 amide bonds. The zero-order chi connectivity index (χ0) is 24.8. The van der Waals surface area contributed by atoms with E-state index in [4.69, 9.17) is 23.2 Å². The predicted molar refractivity (Wildman–Crippen MR) is 138 cm³/mol. The van der Waals surface area contributed by atoms with Gasteiger partial charge in [0.25, 0.3) is 0 Å². The molecule has 180 valence electrons. The molecule has 0 aliphatic carbocycles. The molecule has 0 saturated carbocycles. The molecule has 0 aliphatic rings. The third-order valence-electron chi connectivity index (χ3n) is 5.95. The maximum atomic E-state index is 13.3. The van der Waals surface area contributed by atoms with Crippen LogP contribution in [0.1, 0.15) is 71.1 Å². The number of nitrogens with one attached hydrogen (secondary N) is 1. The van der Waals surface area contributed by atoms with Gasteiger partial charge in [-0.05, 0) is 60.9 Å². The molecule has 33 heavy (non-hydrogen) atoms. The van der Waals surface area contributed by atoms with Gasteiger partial charge in [-0.25, -0.2) is 0 Å². The number of benzene rings is 2. The van der Waals surface area contributed by atoms with Gasteiger partial charge in [0.2, 0.25) is 11.8 Å². The zero-order valence-electron chi connectivity index (χ0n) is 20.5. The smallest absolute Gasteiger partial charge is 0.242 e. The van der Waals surface area contributed by atoms with Crippen molar-refractivity contribution in [2.24, 2.45) is 0 Å². The first-order valence-electron chi connectivity index (χ1n) is 11.6. The fourth-order valence-electron chi connectivity index (χ4n) is 3.45. The molecule has 2 aromatic carbocycles. The zero-order valence-corrected chi connectivity index (χ0v) is 22.1. The molecule has 0 fully saturated rings. The average molecular weight is 492 g/mol. The lowest BCUT2D eigenvalue weighted by Gasteiger charge is -2.30. The van der Waals surface area contributed by atoms with Crippen LogP contribution < -0.4 is 5.32 Å². The molecule has 0 heterocycles. The molecular weight excluding hydrogens is 455 g/mol. The molecule has 6 heteroatoms. The molecule has 0 aromatic heterocycles. The number of carbonyl (C=O) groups excluding carboxylic acids is 2. The third kappa shape index (κ3) is 8.04. The van der Waals surface area contributed by atoms with Crippen molar-refractivity contribution in [2.75, 3.05) is 0 Å². The second kappa shape index (κ2) is 11.9. The van der Waals surface area contributed by atoms with Crippen molar-refractivity contribution < 1.29 is 9.59 Å². The number of nitrogens with zero attached hydrogens (tertiary/aromatic N) is 1. The topological polar surface area (TPSA) is 49.4 Å². The monoisotopic (exact) mass is 490 g/mol. The molecule has 0 saturated heterocycles. The lowest BCUT2D eigenvalue weighted by Crippen LogP contribution is -2.49. The molecule has 2 atom stereocenters. The minimum Gasteiger partial charge on any atom is -0.352 e. The molecule has 0 radical (unpaired) electrons. The van der Waals surface area contributed by atoms with Crippen LogP contribution >= 0.6 is 23.2 Å². The molecular formula is C27H36Cl2N2O2. The molecule has 2 rings (SSSR count). The number of hydrogen-bond donors (Lipinski definition) is 1. The van der Waals surface area contributed by atoms with Crippen molar-refractivity contribution in [1.82, 2.24) is 10.2 Å². The van der Waals surface area contributed by atoms with E-state index in [9.17, 15) is 9.59 Å². The summed E-state index contributed by atoms with van der Waals surface area (Å²) in [4.78, 5) is 27.7. The van der Waals surface area contributed by atoms with Crippen molar-refractivity contribution in [1.29, 1.82) is 0 Å². The van der Waals surface area contributed by atoms with Crippen LogP contribution in [0.3, 0.4) is 0 Å². The van der Waals surface area contributed by atoms with Gasteiger partial charge >= 0.3 is 0 Å². The van der Waals surface area contributed by atoms with Gasteiger partial charge in [-0.2, -0.15) is 0 Å². The number of carbonyl (C=O) groups is 2. The Balaban J connectivity index is 2.17. The average Bonchev–Trinajstić information content (AvgIpc) is 2.77. The lowest BCUT2D eigenvalue weighted by atomic mass is 9.86. The molecule has 0 spiro atoms. The highest BCUT2D eigenvalue weighted by Gasteiger charge is 2.26. The van der Waals surface area contributed by atoms with E-state index in [1.807, 2.05) is 19.9 Å². The van der Waals surface area contributed by atoms with Crippen LogP contribution in [0.25, 0.3) is 0 Å². The second-order valence-electron chi connectivity index (χ2n) is 9.71. The first-order valence-corrected chi connectivity index (χ1v) is 12.3. The molecule has 0 unspecified atom stereocenters. The Bertz CT molecular complexity index is 952. The molecule has 4 nitrogen and oxygen atoms in total. The van der Waals surface area contributed by atoms with Crippen molar-refractivity contribution in [2.45, 2.75) is 84.8 Å². The van der Waals surface area contributed by atoms with Crippen LogP contribution in [0.5, 0.6) is 0 Å². The van der Waals surface area contributed by atoms with E-state index < -0.39 is 6.04 Å². The number of amides is 2. The summed E-state index contributed by atoms with van der Waals surface area (Å²) in [6, 6.07) is 13.1. The first kappa shape index (κ1) is 27.2. The van der Waals surface area contributed by atoms with E-state index in [1.54, 1.807) is 24.0 Å². The lowest BCUT2D eigenvalue weighted by molar-refractivity contribution is -0.140. The maximum Gasteiger partial charge on any atom is 0.242 e. The Morgan fingerprint density at radius 3 is 2.12 bits per heavy atom. The van der Waals surface area contributed by atoms with Gasteiger partial charge in [-0.15, -0.1) is 0 Å². The minimum atomic E-state index is -0.607. The van der Waals surface area contributed by atoms with E-state index in [1.165, 1.54) is 5.56 Å². The molecule has 2 aromatic rings. The van der Waals surface area contributed by atoms with Gasteiger partial charge in [0.1, 0.15) is 6.04 Å². The van der Waals surface area contributed by atoms with E-state index >= 15 is 0 Å². The molecule has 0 aliphatic heterocycles. The van der Waals surface area contributed by atoms with Gasteiger partial charge in [0.15, 0.2) is 0 Å². The maximum absolute atomic E-state index is 13.3. The Labute approximate surface area is 208 Å². The summed E-state index contributed by atoms with van der Waals surface area (Å²) in [7, 11) is 0. The minimum absolute atomic E-state index is 0.0446. The van der Waals surface area contributed by atoms with Crippen molar-refractivity contribution in [3.63, 3.8) is 0 Å². The Kier molecular flexibility index (Phi) is 9.81. The van der Waals surface area contributed by atoms with Crippen molar-refractivity contribution in [3.8, 4) is 0 Å². The van der Waals surface area contributed by atoms with Crippen LogP contribution in [0.2, 0.25) is 10.0 Å². The summed E-state index contributed by atoms with van der Waals surface area (Å²) in [6.07, 6.45) is 1.75. The third-order valence-corrected chi connectivity index (χ3v) is 6.69. The van der Waals surface area contributed by atoms with E-state index in [0.717, 1.165) is 17.5 Å². The quantitative estimate of drug-likeness (QED) is 0.432. The fraction of sp³-hybridized carbons (Fsp3) is 0.481. The summed E-state index contributed by atoms with van der Waals surface area (Å²) < 4.78 is 0. The number of halogens is 2. The Morgan fingerprint density at radius 2 is 1.58 bits per heavy atom. The van der Waals surface area contributed by atoms with E-state index in [2.05, 4.69) is 50.4 Å². The van der Waals surface area contributed by atoms with Crippen LogP contribution in [0.4, 0.5) is 0 Å². The molecule has 0 bridgehead atoms.